The van der Waals surface area contributed by atoms with E-state index in [-0.39, 0.29) is 5.41 Å². The Morgan fingerprint density at radius 1 is 0.225 bits per heavy atom. The van der Waals surface area contributed by atoms with Crippen LogP contribution in [0.4, 0.5) is 34.1 Å². The molecule has 0 aromatic heterocycles. The fourth-order valence-electron chi connectivity index (χ4n) is 10.7. The summed E-state index contributed by atoms with van der Waals surface area (Å²) in [6.07, 6.45) is 0. The molecule has 0 saturated carbocycles. The first kappa shape index (κ1) is 43.3. The van der Waals surface area contributed by atoms with Gasteiger partial charge in [0, 0.05) is 39.3 Å². The van der Waals surface area contributed by atoms with E-state index in [9.17, 15) is 0 Å². The molecule has 0 radical (unpaired) electrons. The lowest BCUT2D eigenvalue weighted by molar-refractivity contribution is 0.660. The molecule has 338 valence electrons. The standard InChI is InChI=1S/C69H52N2/c1-69(2)65-31-17-14-28-61(65)62-47-46-58(48-66(62)69)71(57-44-38-54(39-45-57)51-24-10-5-11-25-51)68-33-19-16-30-64(68)60-27-13-12-26-59(60)63-29-15-18-32-67(63)70(55-40-34-52(35-41-55)49-20-6-3-7-21-49)56-42-36-53(37-43-56)50-22-8-4-9-23-50/h3-48H,1-2H3. The van der Waals surface area contributed by atoms with Gasteiger partial charge in [-0.1, -0.05) is 232 Å². The minimum Gasteiger partial charge on any atom is -0.310 e. The number of hydrogen-bond donors (Lipinski definition) is 0. The molecule has 0 spiro atoms. The molecule has 71 heavy (non-hydrogen) atoms. The van der Waals surface area contributed by atoms with E-state index in [0.29, 0.717) is 0 Å². The van der Waals surface area contributed by atoms with Crippen molar-refractivity contribution in [2.24, 2.45) is 0 Å². The molecule has 0 N–H and O–H groups in total. The van der Waals surface area contributed by atoms with Crippen LogP contribution in [0.25, 0.3) is 66.8 Å². The minimum atomic E-state index is -0.157. The van der Waals surface area contributed by atoms with Crippen LogP contribution in [0.15, 0.2) is 279 Å². The van der Waals surface area contributed by atoms with E-state index in [0.717, 1.165) is 56.4 Å². The summed E-state index contributed by atoms with van der Waals surface area (Å²) in [5, 5.41) is 0. The molecule has 0 bridgehead atoms. The van der Waals surface area contributed by atoms with E-state index in [1.54, 1.807) is 0 Å². The summed E-state index contributed by atoms with van der Waals surface area (Å²) in [5.74, 6) is 0. The smallest absolute Gasteiger partial charge is 0.0540 e. The maximum atomic E-state index is 2.46. The van der Waals surface area contributed by atoms with E-state index < -0.39 is 0 Å². The van der Waals surface area contributed by atoms with Gasteiger partial charge in [0.2, 0.25) is 0 Å². The molecule has 1 aliphatic rings. The van der Waals surface area contributed by atoms with Crippen LogP contribution < -0.4 is 9.80 Å². The number of fused-ring (bicyclic) bond motifs is 3. The summed E-state index contributed by atoms with van der Waals surface area (Å²) in [7, 11) is 0. The Morgan fingerprint density at radius 3 is 0.944 bits per heavy atom. The predicted octanol–water partition coefficient (Wildman–Crippen LogP) is 19.3. The van der Waals surface area contributed by atoms with Gasteiger partial charge in [0.1, 0.15) is 0 Å². The molecule has 0 heterocycles. The number of para-hydroxylation sites is 2. The summed E-state index contributed by atoms with van der Waals surface area (Å²) in [6, 6.07) is 102. The normalized spacial score (nSPS) is 12.2. The largest absolute Gasteiger partial charge is 0.310 e. The topological polar surface area (TPSA) is 6.48 Å². The first-order valence-electron chi connectivity index (χ1n) is 24.6. The van der Waals surface area contributed by atoms with Crippen molar-refractivity contribution in [2.45, 2.75) is 19.3 Å². The lowest BCUT2D eigenvalue weighted by atomic mass is 9.82. The van der Waals surface area contributed by atoms with E-state index in [4.69, 9.17) is 0 Å². The molecule has 2 heteroatoms. The van der Waals surface area contributed by atoms with Gasteiger partial charge in [-0.2, -0.15) is 0 Å². The SMILES string of the molecule is CC1(C)c2ccccc2-c2ccc(N(c3ccc(-c4ccccc4)cc3)c3ccccc3-c3ccccc3-c3ccccc3N(c3ccc(-c4ccccc4)cc3)c3ccc(-c4ccccc4)cc3)cc21. The fourth-order valence-corrected chi connectivity index (χ4v) is 10.7. The molecule has 1 aliphatic carbocycles. The molecule has 0 unspecified atom stereocenters. The monoisotopic (exact) mass is 908 g/mol. The Kier molecular flexibility index (Phi) is 11.3. The van der Waals surface area contributed by atoms with E-state index in [2.05, 4.69) is 303 Å². The lowest BCUT2D eigenvalue weighted by Crippen LogP contribution is -2.17. The van der Waals surface area contributed by atoms with Gasteiger partial charge in [-0.05, 0) is 127 Å². The summed E-state index contributed by atoms with van der Waals surface area (Å²) >= 11 is 0. The Balaban J connectivity index is 1.01. The summed E-state index contributed by atoms with van der Waals surface area (Å²) < 4.78 is 0. The van der Waals surface area contributed by atoms with Gasteiger partial charge in [-0.15, -0.1) is 0 Å². The van der Waals surface area contributed by atoms with E-state index in [1.165, 1.54) is 55.6 Å². The van der Waals surface area contributed by atoms with Crippen molar-refractivity contribution < 1.29 is 0 Å². The molecule has 0 saturated heterocycles. The molecular formula is C69H52N2. The Hall–Kier alpha value is -8.98. The highest BCUT2D eigenvalue weighted by molar-refractivity contribution is 5.99. The van der Waals surface area contributed by atoms with Gasteiger partial charge in [0.25, 0.3) is 0 Å². The second-order valence-corrected chi connectivity index (χ2v) is 18.9. The predicted molar refractivity (Wildman–Crippen MR) is 301 cm³/mol. The van der Waals surface area contributed by atoms with Crippen molar-refractivity contribution in [2.75, 3.05) is 9.80 Å². The van der Waals surface area contributed by atoms with Crippen LogP contribution in [0, 0.1) is 0 Å². The fraction of sp³-hybridized carbons (Fsp3) is 0.0435. The van der Waals surface area contributed by atoms with Crippen LogP contribution in [0.5, 0.6) is 0 Å². The van der Waals surface area contributed by atoms with Gasteiger partial charge in [-0.3, -0.25) is 0 Å². The Bertz CT molecular complexity index is 3550. The second kappa shape index (κ2) is 18.5. The molecular weight excluding hydrogens is 857 g/mol. The zero-order chi connectivity index (χ0) is 47.7. The number of nitrogens with zero attached hydrogens (tertiary/aromatic N) is 2. The summed E-state index contributed by atoms with van der Waals surface area (Å²) in [5.41, 5.74) is 23.4. The third-order valence-electron chi connectivity index (χ3n) is 14.3. The number of anilines is 6. The second-order valence-electron chi connectivity index (χ2n) is 18.9. The Labute approximate surface area is 418 Å². The number of benzene rings is 11. The quantitative estimate of drug-likeness (QED) is 0.128. The Morgan fingerprint density at radius 2 is 0.521 bits per heavy atom. The zero-order valence-electron chi connectivity index (χ0n) is 40.0. The van der Waals surface area contributed by atoms with Gasteiger partial charge in [0.15, 0.2) is 0 Å². The molecule has 0 fully saturated rings. The van der Waals surface area contributed by atoms with Gasteiger partial charge in [0.05, 0.1) is 11.4 Å². The molecule has 0 atom stereocenters. The first-order chi connectivity index (χ1) is 35.0. The molecule has 2 nitrogen and oxygen atoms in total. The van der Waals surface area contributed by atoms with Crippen molar-refractivity contribution in [1.29, 1.82) is 0 Å². The van der Waals surface area contributed by atoms with Gasteiger partial charge < -0.3 is 9.80 Å². The van der Waals surface area contributed by atoms with Crippen LogP contribution in [-0.2, 0) is 5.41 Å². The highest BCUT2D eigenvalue weighted by Crippen LogP contribution is 2.52. The maximum absolute atomic E-state index is 2.46. The molecule has 11 aromatic rings. The van der Waals surface area contributed by atoms with E-state index in [1.807, 2.05) is 0 Å². The third-order valence-corrected chi connectivity index (χ3v) is 14.3. The van der Waals surface area contributed by atoms with Crippen LogP contribution in [0.2, 0.25) is 0 Å². The van der Waals surface area contributed by atoms with Crippen LogP contribution >= 0.6 is 0 Å². The van der Waals surface area contributed by atoms with Crippen molar-refractivity contribution in [3.63, 3.8) is 0 Å². The van der Waals surface area contributed by atoms with Crippen LogP contribution in [0.3, 0.4) is 0 Å². The van der Waals surface area contributed by atoms with Gasteiger partial charge >= 0.3 is 0 Å². The van der Waals surface area contributed by atoms with Crippen LogP contribution in [-0.4, -0.2) is 0 Å². The van der Waals surface area contributed by atoms with Crippen molar-refractivity contribution in [3.05, 3.63) is 290 Å². The molecule has 12 rings (SSSR count). The van der Waals surface area contributed by atoms with Crippen molar-refractivity contribution >= 4 is 34.1 Å². The average molecular weight is 909 g/mol. The number of hydrogen-bond acceptors (Lipinski definition) is 2. The highest BCUT2D eigenvalue weighted by Gasteiger charge is 2.36. The molecule has 0 aliphatic heterocycles. The van der Waals surface area contributed by atoms with Gasteiger partial charge in [-0.25, -0.2) is 0 Å². The maximum Gasteiger partial charge on any atom is 0.0540 e. The summed E-state index contributed by atoms with van der Waals surface area (Å²) in [4.78, 5) is 4.87. The zero-order valence-corrected chi connectivity index (χ0v) is 40.0. The minimum absolute atomic E-state index is 0.157. The molecule has 11 aromatic carbocycles. The van der Waals surface area contributed by atoms with Crippen molar-refractivity contribution in [3.8, 4) is 66.8 Å². The number of rotatable bonds is 11. The lowest BCUT2D eigenvalue weighted by Gasteiger charge is -2.31. The first-order valence-corrected chi connectivity index (χ1v) is 24.6. The summed E-state index contributed by atoms with van der Waals surface area (Å²) in [6.45, 7) is 4.72. The highest BCUT2D eigenvalue weighted by atomic mass is 15.2. The van der Waals surface area contributed by atoms with Crippen molar-refractivity contribution in [1.82, 2.24) is 0 Å². The van der Waals surface area contributed by atoms with E-state index >= 15 is 0 Å². The van der Waals surface area contributed by atoms with Crippen LogP contribution in [0.1, 0.15) is 25.0 Å². The molecule has 0 amide bonds. The third kappa shape index (κ3) is 8.10. The average Bonchev–Trinajstić information content (AvgIpc) is 3.67.